The molecule has 0 unspecified atom stereocenters. The first kappa shape index (κ1) is 13.4. The van der Waals surface area contributed by atoms with E-state index in [-0.39, 0.29) is 5.69 Å². The normalized spacial score (nSPS) is 10.2. The van der Waals surface area contributed by atoms with Gasteiger partial charge in [-0.15, -0.1) is 0 Å². The van der Waals surface area contributed by atoms with Crippen molar-refractivity contribution in [3.63, 3.8) is 0 Å². The summed E-state index contributed by atoms with van der Waals surface area (Å²) in [5.74, 6) is 0.296. The van der Waals surface area contributed by atoms with E-state index in [0.29, 0.717) is 10.7 Å². The maximum atomic E-state index is 11.4. The van der Waals surface area contributed by atoms with Crippen LogP contribution in [0.15, 0.2) is 47.5 Å². The highest BCUT2D eigenvalue weighted by atomic mass is 32.2. The van der Waals surface area contributed by atoms with E-state index in [2.05, 4.69) is 9.72 Å². The standard InChI is InChI=1S/C14H14N2O2S/c1-18-14(17)12-8-7-11(15)13(16-12)19-9-10-5-3-2-4-6-10/h2-8H,9,15H2,1H3. The molecule has 0 spiro atoms. The van der Waals surface area contributed by atoms with Gasteiger partial charge in [-0.3, -0.25) is 0 Å². The fourth-order valence-corrected chi connectivity index (χ4v) is 2.40. The number of nitrogen functional groups attached to an aromatic ring is 1. The first-order chi connectivity index (χ1) is 9.20. The SMILES string of the molecule is COC(=O)c1ccc(N)c(SCc2ccccc2)n1. The summed E-state index contributed by atoms with van der Waals surface area (Å²) in [6, 6.07) is 13.2. The zero-order valence-electron chi connectivity index (χ0n) is 10.5. The maximum Gasteiger partial charge on any atom is 0.356 e. The number of carbonyl (C=O) groups is 1. The van der Waals surface area contributed by atoms with Gasteiger partial charge in [-0.1, -0.05) is 42.1 Å². The fourth-order valence-electron chi connectivity index (χ4n) is 1.51. The van der Waals surface area contributed by atoms with Crippen molar-refractivity contribution in [2.75, 3.05) is 12.8 Å². The number of pyridine rings is 1. The number of anilines is 1. The Bertz CT molecular complexity index is 573. The van der Waals surface area contributed by atoms with Gasteiger partial charge >= 0.3 is 5.97 Å². The molecule has 0 aliphatic heterocycles. The monoisotopic (exact) mass is 274 g/mol. The Labute approximate surface area is 116 Å². The van der Waals surface area contributed by atoms with Crippen LogP contribution in [0, 0.1) is 0 Å². The molecule has 4 nitrogen and oxygen atoms in total. The van der Waals surface area contributed by atoms with Crippen LogP contribution in [0.1, 0.15) is 16.1 Å². The molecule has 0 fully saturated rings. The first-order valence-electron chi connectivity index (χ1n) is 5.72. The van der Waals surface area contributed by atoms with Crippen LogP contribution in [0.25, 0.3) is 0 Å². The van der Waals surface area contributed by atoms with Gasteiger partial charge in [0.25, 0.3) is 0 Å². The molecule has 0 saturated carbocycles. The highest BCUT2D eigenvalue weighted by Crippen LogP contribution is 2.26. The molecule has 0 aliphatic carbocycles. The zero-order valence-corrected chi connectivity index (χ0v) is 11.3. The van der Waals surface area contributed by atoms with Crippen molar-refractivity contribution in [3.8, 4) is 0 Å². The molecule has 0 bridgehead atoms. The molecule has 2 aromatic rings. The van der Waals surface area contributed by atoms with E-state index in [1.807, 2.05) is 30.3 Å². The van der Waals surface area contributed by atoms with Crippen LogP contribution in [0.3, 0.4) is 0 Å². The number of methoxy groups -OCH3 is 1. The van der Waals surface area contributed by atoms with Crippen molar-refractivity contribution >= 4 is 23.4 Å². The molecule has 1 aromatic heterocycles. The Kier molecular flexibility index (Phi) is 4.41. The number of carbonyl (C=O) groups excluding carboxylic acids is 1. The van der Waals surface area contributed by atoms with Crippen LogP contribution in [0.4, 0.5) is 5.69 Å². The quantitative estimate of drug-likeness (QED) is 0.686. The van der Waals surface area contributed by atoms with E-state index in [1.165, 1.54) is 24.4 Å². The number of ether oxygens (including phenoxy) is 1. The number of nitrogens with zero attached hydrogens (tertiary/aromatic N) is 1. The number of rotatable bonds is 4. The summed E-state index contributed by atoms with van der Waals surface area (Å²) in [5, 5.41) is 0.645. The summed E-state index contributed by atoms with van der Waals surface area (Å²) in [5.41, 5.74) is 7.87. The number of thioether (sulfide) groups is 1. The number of hydrogen-bond donors (Lipinski definition) is 1. The van der Waals surface area contributed by atoms with E-state index in [0.717, 1.165) is 5.75 Å². The average molecular weight is 274 g/mol. The summed E-state index contributed by atoms with van der Waals surface area (Å²) in [7, 11) is 1.33. The highest BCUT2D eigenvalue weighted by molar-refractivity contribution is 7.98. The second-order valence-electron chi connectivity index (χ2n) is 3.86. The maximum absolute atomic E-state index is 11.4. The lowest BCUT2D eigenvalue weighted by molar-refractivity contribution is 0.0593. The molecule has 0 aliphatic rings. The van der Waals surface area contributed by atoms with Crippen molar-refractivity contribution in [1.82, 2.24) is 4.98 Å². The van der Waals surface area contributed by atoms with Crippen molar-refractivity contribution in [2.45, 2.75) is 10.8 Å². The molecular weight excluding hydrogens is 260 g/mol. The van der Waals surface area contributed by atoms with E-state index < -0.39 is 5.97 Å². The van der Waals surface area contributed by atoms with Gasteiger partial charge in [0.05, 0.1) is 12.8 Å². The van der Waals surface area contributed by atoms with Crippen molar-refractivity contribution in [2.24, 2.45) is 0 Å². The molecule has 5 heteroatoms. The predicted octanol–water partition coefficient (Wildman–Crippen LogP) is 2.74. The Morgan fingerprint density at radius 1 is 1.26 bits per heavy atom. The largest absolute Gasteiger partial charge is 0.464 e. The van der Waals surface area contributed by atoms with E-state index in [1.54, 1.807) is 12.1 Å². The Hall–Kier alpha value is -2.01. The minimum Gasteiger partial charge on any atom is -0.464 e. The number of benzene rings is 1. The zero-order chi connectivity index (χ0) is 13.7. The van der Waals surface area contributed by atoms with Crippen LogP contribution in [-0.2, 0) is 10.5 Å². The second-order valence-corrected chi connectivity index (χ2v) is 4.82. The number of nitrogens with two attached hydrogens (primary N) is 1. The molecule has 0 saturated heterocycles. The summed E-state index contributed by atoms with van der Waals surface area (Å²) in [4.78, 5) is 15.6. The Morgan fingerprint density at radius 3 is 2.68 bits per heavy atom. The van der Waals surface area contributed by atoms with Gasteiger partial charge in [-0.05, 0) is 17.7 Å². The molecule has 2 N–H and O–H groups in total. The van der Waals surface area contributed by atoms with Gasteiger partial charge in [0.1, 0.15) is 10.7 Å². The van der Waals surface area contributed by atoms with Crippen molar-refractivity contribution < 1.29 is 9.53 Å². The van der Waals surface area contributed by atoms with Gasteiger partial charge in [0.2, 0.25) is 0 Å². The molecule has 1 heterocycles. The highest BCUT2D eigenvalue weighted by Gasteiger charge is 2.10. The van der Waals surface area contributed by atoms with E-state index in [9.17, 15) is 4.79 Å². The third-order valence-electron chi connectivity index (χ3n) is 2.50. The van der Waals surface area contributed by atoms with Crippen LogP contribution in [0.5, 0.6) is 0 Å². The molecular formula is C14H14N2O2S. The Balaban J connectivity index is 2.13. The minimum absolute atomic E-state index is 0.271. The molecule has 0 radical (unpaired) electrons. The van der Waals surface area contributed by atoms with Crippen LogP contribution < -0.4 is 5.73 Å². The van der Waals surface area contributed by atoms with Gasteiger partial charge in [-0.25, -0.2) is 9.78 Å². The number of hydrogen-bond acceptors (Lipinski definition) is 5. The third kappa shape index (κ3) is 3.48. The average Bonchev–Trinajstić information content (AvgIpc) is 2.46. The van der Waals surface area contributed by atoms with Crippen molar-refractivity contribution in [1.29, 1.82) is 0 Å². The predicted molar refractivity (Wildman–Crippen MR) is 76.0 cm³/mol. The lowest BCUT2D eigenvalue weighted by Gasteiger charge is -2.06. The topological polar surface area (TPSA) is 65.2 Å². The number of esters is 1. The molecule has 0 atom stereocenters. The minimum atomic E-state index is -0.457. The van der Waals surface area contributed by atoms with Gasteiger partial charge in [-0.2, -0.15) is 0 Å². The summed E-state index contributed by atoms with van der Waals surface area (Å²) in [6.45, 7) is 0. The van der Waals surface area contributed by atoms with Crippen LogP contribution >= 0.6 is 11.8 Å². The second kappa shape index (κ2) is 6.24. The van der Waals surface area contributed by atoms with Gasteiger partial charge in [0.15, 0.2) is 0 Å². The first-order valence-corrected chi connectivity index (χ1v) is 6.71. The van der Waals surface area contributed by atoms with Crippen LogP contribution in [-0.4, -0.2) is 18.1 Å². The molecule has 19 heavy (non-hydrogen) atoms. The lowest BCUT2D eigenvalue weighted by Crippen LogP contribution is -2.06. The molecule has 1 aromatic carbocycles. The smallest absolute Gasteiger partial charge is 0.356 e. The third-order valence-corrected chi connectivity index (χ3v) is 3.58. The van der Waals surface area contributed by atoms with E-state index in [4.69, 9.17) is 5.73 Å². The molecule has 98 valence electrons. The molecule has 2 rings (SSSR count). The summed E-state index contributed by atoms with van der Waals surface area (Å²) in [6.07, 6.45) is 0. The Morgan fingerprint density at radius 2 is 2.00 bits per heavy atom. The van der Waals surface area contributed by atoms with E-state index >= 15 is 0 Å². The molecule has 0 amide bonds. The van der Waals surface area contributed by atoms with Crippen LogP contribution in [0.2, 0.25) is 0 Å². The van der Waals surface area contributed by atoms with Gasteiger partial charge < -0.3 is 10.5 Å². The lowest BCUT2D eigenvalue weighted by atomic mass is 10.2. The van der Waals surface area contributed by atoms with Gasteiger partial charge in [0, 0.05) is 5.75 Å². The number of aromatic nitrogens is 1. The summed E-state index contributed by atoms with van der Waals surface area (Å²) < 4.78 is 4.64. The fraction of sp³-hybridized carbons (Fsp3) is 0.143. The summed E-state index contributed by atoms with van der Waals surface area (Å²) >= 11 is 1.50. The van der Waals surface area contributed by atoms with Crippen molar-refractivity contribution in [3.05, 3.63) is 53.7 Å².